The Morgan fingerprint density at radius 2 is 1.38 bits per heavy atom. The summed E-state index contributed by atoms with van der Waals surface area (Å²) in [6.45, 7) is 12.5. The van der Waals surface area contributed by atoms with Crippen LogP contribution in [0.4, 0.5) is 0 Å². The van der Waals surface area contributed by atoms with Crippen LogP contribution in [0.1, 0.15) is 94.9 Å². The van der Waals surface area contributed by atoms with Crippen LogP contribution in [0.3, 0.4) is 0 Å². The molecule has 4 nitrogen and oxygen atoms in total. The molecule has 0 aliphatic carbocycles. The maximum atomic E-state index is 11.2. The lowest BCUT2D eigenvalue weighted by Crippen LogP contribution is -2.23. The Kier molecular flexibility index (Phi) is 9.88. The second kappa shape index (κ2) is 11.4. The summed E-state index contributed by atoms with van der Waals surface area (Å²) < 4.78 is 5.12. The quantitative estimate of drug-likeness (QED) is 0.297. The molecule has 0 radical (unpaired) electrons. The fourth-order valence-electron chi connectivity index (χ4n) is 3.70. The Morgan fingerprint density at radius 3 is 1.86 bits per heavy atom. The predicted octanol–water partition coefficient (Wildman–Crippen LogP) is 6.18. The standard InChI is InChI=1S/C25H40O4/c1-19-20(2)22(13-9-11-17-25(5,6)29-18-26)15-14-21(19)12-8-7-10-16-24(3,4)23(27)28/h14-15,18H,7-13,16-17H2,1-6H3,(H,27,28). The second-order valence-corrected chi connectivity index (χ2v) is 9.56. The first-order valence-electron chi connectivity index (χ1n) is 10.9. The summed E-state index contributed by atoms with van der Waals surface area (Å²) in [7, 11) is 0. The van der Waals surface area contributed by atoms with Gasteiger partial charge < -0.3 is 9.84 Å². The van der Waals surface area contributed by atoms with E-state index in [0.717, 1.165) is 57.8 Å². The van der Waals surface area contributed by atoms with Crippen molar-refractivity contribution in [1.29, 1.82) is 0 Å². The highest BCUT2D eigenvalue weighted by atomic mass is 16.5. The summed E-state index contributed by atoms with van der Waals surface area (Å²) >= 11 is 0. The number of carboxylic acids is 1. The van der Waals surface area contributed by atoms with Gasteiger partial charge in [0.15, 0.2) is 0 Å². The molecule has 164 valence electrons. The number of rotatable bonds is 14. The minimum Gasteiger partial charge on any atom is -0.481 e. The third-order valence-electron chi connectivity index (χ3n) is 6.18. The number of aliphatic carboxylic acids is 1. The Bertz CT molecular complexity index is 674. The van der Waals surface area contributed by atoms with Gasteiger partial charge in [0.05, 0.1) is 5.41 Å². The Morgan fingerprint density at radius 1 is 0.897 bits per heavy atom. The average Bonchev–Trinajstić information content (AvgIpc) is 2.63. The third kappa shape index (κ3) is 8.59. The second-order valence-electron chi connectivity index (χ2n) is 9.56. The summed E-state index contributed by atoms with van der Waals surface area (Å²) in [5, 5.41) is 9.19. The molecule has 0 bridgehead atoms. The summed E-state index contributed by atoms with van der Waals surface area (Å²) in [5.41, 5.74) is 4.59. The van der Waals surface area contributed by atoms with Gasteiger partial charge >= 0.3 is 5.97 Å². The van der Waals surface area contributed by atoms with Crippen molar-refractivity contribution in [3.8, 4) is 0 Å². The molecule has 4 heteroatoms. The Balaban J connectivity index is 2.45. The molecule has 0 amide bonds. The van der Waals surface area contributed by atoms with E-state index >= 15 is 0 Å². The van der Waals surface area contributed by atoms with E-state index in [9.17, 15) is 14.7 Å². The van der Waals surface area contributed by atoms with Gasteiger partial charge in [-0.05, 0) is 109 Å². The smallest absolute Gasteiger partial charge is 0.309 e. The van der Waals surface area contributed by atoms with Gasteiger partial charge in [-0.25, -0.2) is 0 Å². The number of aryl methyl sites for hydroxylation is 2. The molecular weight excluding hydrogens is 364 g/mol. The number of carbonyl (C=O) groups is 2. The molecule has 0 spiro atoms. The fourth-order valence-corrected chi connectivity index (χ4v) is 3.70. The summed E-state index contributed by atoms with van der Waals surface area (Å²) in [6.07, 6.45) is 8.95. The molecule has 0 heterocycles. The first kappa shape index (κ1) is 25.2. The van der Waals surface area contributed by atoms with E-state index < -0.39 is 11.4 Å². The molecule has 1 aromatic rings. The van der Waals surface area contributed by atoms with Gasteiger partial charge in [0.1, 0.15) is 5.60 Å². The van der Waals surface area contributed by atoms with Crippen molar-refractivity contribution in [2.45, 2.75) is 105 Å². The van der Waals surface area contributed by atoms with Gasteiger partial charge in [-0.15, -0.1) is 0 Å². The van der Waals surface area contributed by atoms with Gasteiger partial charge in [-0.3, -0.25) is 9.59 Å². The molecule has 0 atom stereocenters. The minimum atomic E-state index is -0.709. The van der Waals surface area contributed by atoms with Crippen LogP contribution in [0.25, 0.3) is 0 Å². The lowest BCUT2D eigenvalue weighted by Gasteiger charge is -2.22. The van der Waals surface area contributed by atoms with Crippen LogP contribution in [-0.2, 0) is 27.2 Å². The summed E-state index contributed by atoms with van der Waals surface area (Å²) in [6, 6.07) is 4.52. The molecule has 0 unspecified atom stereocenters. The predicted molar refractivity (Wildman–Crippen MR) is 118 cm³/mol. The maximum absolute atomic E-state index is 11.2. The molecule has 0 saturated heterocycles. The van der Waals surface area contributed by atoms with E-state index in [1.807, 2.05) is 13.8 Å². The monoisotopic (exact) mass is 404 g/mol. The van der Waals surface area contributed by atoms with Crippen LogP contribution in [0, 0.1) is 19.3 Å². The Hall–Kier alpha value is -1.84. The van der Waals surface area contributed by atoms with E-state index in [-0.39, 0.29) is 5.60 Å². The molecule has 0 aromatic heterocycles. The van der Waals surface area contributed by atoms with E-state index in [0.29, 0.717) is 6.47 Å². The number of benzene rings is 1. The van der Waals surface area contributed by atoms with Gasteiger partial charge in [0, 0.05) is 0 Å². The van der Waals surface area contributed by atoms with Crippen molar-refractivity contribution in [2.24, 2.45) is 5.41 Å². The van der Waals surface area contributed by atoms with Crippen LogP contribution in [-0.4, -0.2) is 23.1 Å². The maximum Gasteiger partial charge on any atom is 0.309 e. The topological polar surface area (TPSA) is 63.6 Å². The van der Waals surface area contributed by atoms with Crippen molar-refractivity contribution >= 4 is 12.4 Å². The van der Waals surface area contributed by atoms with Crippen molar-refractivity contribution in [2.75, 3.05) is 0 Å². The number of hydrogen-bond donors (Lipinski definition) is 1. The van der Waals surface area contributed by atoms with E-state index in [2.05, 4.69) is 26.0 Å². The summed E-state index contributed by atoms with van der Waals surface area (Å²) in [4.78, 5) is 21.7. The number of carboxylic acid groups (broad SMARTS) is 1. The van der Waals surface area contributed by atoms with Gasteiger partial charge in [-0.2, -0.15) is 0 Å². The van der Waals surface area contributed by atoms with Crippen molar-refractivity contribution in [3.63, 3.8) is 0 Å². The molecule has 0 aliphatic rings. The van der Waals surface area contributed by atoms with Crippen LogP contribution in [0.5, 0.6) is 0 Å². The van der Waals surface area contributed by atoms with Gasteiger partial charge in [-0.1, -0.05) is 25.0 Å². The molecular formula is C25H40O4. The number of ether oxygens (including phenoxy) is 1. The normalized spacial score (nSPS) is 12.1. The molecule has 1 rings (SSSR count). The summed E-state index contributed by atoms with van der Waals surface area (Å²) in [5.74, 6) is -0.709. The van der Waals surface area contributed by atoms with Gasteiger partial charge in [0.2, 0.25) is 0 Å². The van der Waals surface area contributed by atoms with Crippen molar-refractivity contribution in [1.82, 2.24) is 0 Å². The van der Waals surface area contributed by atoms with Crippen molar-refractivity contribution < 1.29 is 19.4 Å². The van der Waals surface area contributed by atoms with Crippen LogP contribution < -0.4 is 0 Å². The minimum absolute atomic E-state index is 0.379. The van der Waals surface area contributed by atoms with E-state index in [1.165, 1.54) is 22.3 Å². The zero-order valence-electron chi connectivity index (χ0n) is 19.3. The SMILES string of the molecule is Cc1c(CCCCCC(C)(C)C(=O)O)ccc(CCCCC(C)(C)OC=O)c1C. The zero-order valence-corrected chi connectivity index (χ0v) is 19.3. The average molecular weight is 405 g/mol. The highest BCUT2D eigenvalue weighted by Crippen LogP contribution is 2.26. The number of hydrogen-bond acceptors (Lipinski definition) is 3. The molecule has 0 aliphatic heterocycles. The van der Waals surface area contributed by atoms with Crippen LogP contribution in [0.2, 0.25) is 0 Å². The molecule has 29 heavy (non-hydrogen) atoms. The van der Waals surface area contributed by atoms with E-state index in [1.54, 1.807) is 13.8 Å². The number of unbranched alkanes of at least 4 members (excludes halogenated alkanes) is 3. The van der Waals surface area contributed by atoms with Crippen LogP contribution in [0.15, 0.2) is 12.1 Å². The van der Waals surface area contributed by atoms with Crippen molar-refractivity contribution in [3.05, 3.63) is 34.4 Å². The molecule has 1 N–H and O–H groups in total. The zero-order chi connectivity index (χ0) is 22.1. The van der Waals surface area contributed by atoms with Gasteiger partial charge in [0.25, 0.3) is 6.47 Å². The Labute approximate surface area is 177 Å². The first-order chi connectivity index (χ1) is 13.5. The highest BCUT2D eigenvalue weighted by Gasteiger charge is 2.26. The lowest BCUT2D eigenvalue weighted by atomic mass is 9.86. The fraction of sp³-hybridized carbons (Fsp3) is 0.680. The molecule has 1 aromatic carbocycles. The largest absolute Gasteiger partial charge is 0.481 e. The van der Waals surface area contributed by atoms with Crippen LogP contribution >= 0.6 is 0 Å². The first-order valence-corrected chi connectivity index (χ1v) is 10.9. The number of carbonyl (C=O) groups excluding carboxylic acids is 1. The van der Waals surface area contributed by atoms with E-state index in [4.69, 9.17) is 4.74 Å². The molecule has 0 fully saturated rings. The third-order valence-corrected chi connectivity index (χ3v) is 6.18. The lowest BCUT2D eigenvalue weighted by molar-refractivity contribution is -0.147. The highest BCUT2D eigenvalue weighted by molar-refractivity contribution is 5.73. The molecule has 0 saturated carbocycles.